The molecule has 0 amide bonds. The van der Waals surface area contributed by atoms with Crippen molar-refractivity contribution in [3.05, 3.63) is 0 Å². The van der Waals surface area contributed by atoms with Crippen LogP contribution in [-0.4, -0.2) is 38.9 Å². The van der Waals surface area contributed by atoms with Gasteiger partial charge in [0.25, 0.3) is 5.95 Å². The van der Waals surface area contributed by atoms with E-state index in [4.69, 9.17) is 4.74 Å². The molecule has 0 radical (unpaired) electrons. The summed E-state index contributed by atoms with van der Waals surface area (Å²) in [4.78, 5) is 11.0. The number of carbonyl (C=O) groups excluding carboxylic acids is 1. The van der Waals surface area contributed by atoms with E-state index in [1.807, 2.05) is 0 Å². The Morgan fingerprint density at radius 3 is 3.07 bits per heavy atom. The smallest absolute Gasteiger partial charge is 0.354 e. The molecule has 0 bridgehead atoms. The van der Waals surface area contributed by atoms with Crippen molar-refractivity contribution in [3.63, 3.8) is 0 Å². The van der Waals surface area contributed by atoms with Gasteiger partial charge < -0.3 is 4.74 Å². The normalized spacial score (nSPS) is 11.1. The summed E-state index contributed by atoms with van der Waals surface area (Å²) in [7, 11) is 0. The molecular weight excluding hydrogens is 188 g/mol. The first-order valence-electron chi connectivity index (χ1n) is 3.95. The largest absolute Gasteiger partial charge is 0.461 e. The molecule has 1 aromatic heterocycles. The number of hydrogen-bond acceptors (Lipinski definition) is 7. The molecule has 14 heavy (non-hydrogen) atoms. The molecule has 2 N–H and O–H groups in total. The number of esters is 1. The maximum Gasteiger partial charge on any atom is 0.354 e. The first-order chi connectivity index (χ1) is 6.74. The molecule has 0 atom stereocenters. The van der Waals surface area contributed by atoms with Gasteiger partial charge in [0.05, 0.1) is 6.61 Å². The molecular formula is C6H10N6O2. The maximum absolute atomic E-state index is 11.0. The highest BCUT2D eigenvalue weighted by atomic mass is 16.5. The van der Waals surface area contributed by atoms with Crippen molar-refractivity contribution >= 4 is 17.6 Å². The second-order valence-electron chi connectivity index (χ2n) is 2.26. The van der Waals surface area contributed by atoms with Crippen LogP contribution in [0.4, 0.5) is 5.95 Å². The average Bonchev–Trinajstić information content (AvgIpc) is 2.67. The van der Waals surface area contributed by atoms with Crippen molar-refractivity contribution in [3.8, 4) is 0 Å². The van der Waals surface area contributed by atoms with E-state index in [1.54, 1.807) is 6.92 Å². The monoisotopic (exact) mass is 198 g/mol. The highest BCUT2D eigenvalue weighted by molar-refractivity contribution is 6.35. The molecule has 0 spiro atoms. The Morgan fingerprint density at radius 1 is 1.71 bits per heavy atom. The number of tetrazole rings is 1. The van der Waals surface area contributed by atoms with Crippen molar-refractivity contribution in [2.24, 2.45) is 5.10 Å². The Hall–Kier alpha value is -1.99. The number of H-pyrrole nitrogens is 1. The van der Waals surface area contributed by atoms with E-state index in [0.717, 1.165) is 0 Å². The number of nitrogens with zero attached hydrogens (tertiary/aromatic N) is 4. The van der Waals surface area contributed by atoms with Crippen molar-refractivity contribution in [1.82, 2.24) is 20.6 Å². The lowest BCUT2D eigenvalue weighted by molar-refractivity contribution is -0.135. The standard InChI is InChI=1S/C6H10N6O2/c1-3-14-5(13)4(2)7-8-6-9-11-12-10-6/h3H2,1-2H3,(H2,8,9,10,11,12)/b7-4+. The Morgan fingerprint density at radius 2 is 2.50 bits per heavy atom. The molecule has 8 heteroatoms. The number of ether oxygens (including phenoxy) is 1. The zero-order valence-electron chi connectivity index (χ0n) is 7.81. The molecule has 0 unspecified atom stereocenters. The van der Waals surface area contributed by atoms with Gasteiger partial charge in [-0.15, -0.1) is 5.10 Å². The molecule has 76 valence electrons. The second-order valence-corrected chi connectivity index (χ2v) is 2.26. The molecule has 0 aliphatic heterocycles. The van der Waals surface area contributed by atoms with Gasteiger partial charge in [-0.1, -0.05) is 5.10 Å². The van der Waals surface area contributed by atoms with Crippen LogP contribution >= 0.6 is 0 Å². The minimum absolute atomic E-state index is 0.189. The molecule has 0 aromatic carbocycles. The average molecular weight is 198 g/mol. The summed E-state index contributed by atoms with van der Waals surface area (Å²) in [5, 5.41) is 16.4. The van der Waals surface area contributed by atoms with Crippen molar-refractivity contribution in [2.75, 3.05) is 12.0 Å². The second kappa shape index (κ2) is 4.90. The highest BCUT2D eigenvalue weighted by Crippen LogP contribution is 1.91. The van der Waals surface area contributed by atoms with Gasteiger partial charge in [0.2, 0.25) is 0 Å². The quantitative estimate of drug-likeness (QED) is 0.385. The van der Waals surface area contributed by atoms with Gasteiger partial charge in [-0.3, -0.25) is 0 Å². The van der Waals surface area contributed by atoms with Gasteiger partial charge in [-0.2, -0.15) is 10.3 Å². The predicted molar refractivity (Wildman–Crippen MR) is 47.5 cm³/mol. The molecule has 1 rings (SSSR count). The third-order valence-electron chi connectivity index (χ3n) is 1.24. The van der Waals surface area contributed by atoms with Crippen LogP contribution < -0.4 is 5.43 Å². The number of carbonyl (C=O) groups is 1. The van der Waals surface area contributed by atoms with Gasteiger partial charge in [0.1, 0.15) is 5.71 Å². The van der Waals surface area contributed by atoms with Crippen LogP contribution in [-0.2, 0) is 9.53 Å². The molecule has 1 heterocycles. The third kappa shape index (κ3) is 2.81. The van der Waals surface area contributed by atoms with E-state index in [2.05, 4.69) is 31.2 Å². The minimum atomic E-state index is -0.483. The molecule has 1 aromatic rings. The number of hydrazone groups is 1. The van der Waals surface area contributed by atoms with E-state index in [1.165, 1.54) is 6.92 Å². The van der Waals surface area contributed by atoms with E-state index < -0.39 is 5.97 Å². The summed E-state index contributed by atoms with van der Waals surface area (Å²) < 4.78 is 4.70. The zero-order chi connectivity index (χ0) is 10.4. The van der Waals surface area contributed by atoms with Crippen molar-refractivity contribution in [1.29, 1.82) is 0 Å². The van der Waals surface area contributed by atoms with Crippen LogP contribution in [0.15, 0.2) is 5.10 Å². The van der Waals surface area contributed by atoms with E-state index in [9.17, 15) is 4.79 Å². The van der Waals surface area contributed by atoms with Gasteiger partial charge >= 0.3 is 5.97 Å². The van der Waals surface area contributed by atoms with Gasteiger partial charge in [0, 0.05) is 0 Å². The summed E-state index contributed by atoms with van der Waals surface area (Å²) in [5.74, 6) is -0.294. The van der Waals surface area contributed by atoms with Crippen LogP contribution in [0.1, 0.15) is 13.8 Å². The van der Waals surface area contributed by atoms with Gasteiger partial charge in [0.15, 0.2) is 0 Å². The number of hydrogen-bond donors (Lipinski definition) is 2. The van der Waals surface area contributed by atoms with Gasteiger partial charge in [-0.05, 0) is 19.1 Å². The Kier molecular flexibility index (Phi) is 3.53. The Labute approximate surface area is 79.7 Å². The minimum Gasteiger partial charge on any atom is -0.461 e. The number of rotatable bonds is 4. The number of aromatic nitrogens is 4. The Bertz CT molecular complexity index is 319. The van der Waals surface area contributed by atoms with E-state index >= 15 is 0 Å². The van der Waals surface area contributed by atoms with E-state index in [0.29, 0.717) is 6.61 Å². The summed E-state index contributed by atoms with van der Waals surface area (Å²) >= 11 is 0. The molecule has 0 aliphatic carbocycles. The van der Waals surface area contributed by atoms with Gasteiger partial charge in [-0.25, -0.2) is 10.2 Å². The van der Waals surface area contributed by atoms with Crippen LogP contribution in [0.25, 0.3) is 0 Å². The first kappa shape index (κ1) is 10.1. The lowest BCUT2D eigenvalue weighted by Crippen LogP contribution is -2.15. The van der Waals surface area contributed by atoms with Crippen LogP contribution in [0.2, 0.25) is 0 Å². The predicted octanol–water partition coefficient (Wildman–Crippen LogP) is -0.449. The number of aromatic amines is 1. The summed E-state index contributed by atoms with van der Waals surface area (Å²) in [6, 6.07) is 0. The summed E-state index contributed by atoms with van der Waals surface area (Å²) in [6.45, 7) is 3.55. The van der Waals surface area contributed by atoms with Crippen molar-refractivity contribution in [2.45, 2.75) is 13.8 Å². The molecule has 8 nitrogen and oxygen atoms in total. The fraction of sp³-hybridized carbons (Fsp3) is 0.500. The van der Waals surface area contributed by atoms with Crippen LogP contribution in [0, 0.1) is 0 Å². The zero-order valence-corrected chi connectivity index (χ0v) is 7.81. The first-order valence-corrected chi connectivity index (χ1v) is 3.95. The van der Waals surface area contributed by atoms with Crippen molar-refractivity contribution < 1.29 is 9.53 Å². The molecule has 0 fully saturated rings. The lowest BCUT2D eigenvalue weighted by atomic mass is 10.4. The Balaban J connectivity index is 2.48. The summed E-state index contributed by atoms with van der Waals surface area (Å²) in [6.07, 6.45) is 0. The lowest BCUT2D eigenvalue weighted by Gasteiger charge is -1.99. The molecule has 0 aliphatic rings. The third-order valence-corrected chi connectivity index (χ3v) is 1.24. The number of anilines is 1. The fourth-order valence-electron chi connectivity index (χ4n) is 0.624. The number of nitrogens with one attached hydrogen (secondary N) is 2. The van der Waals surface area contributed by atoms with Crippen LogP contribution in [0.5, 0.6) is 0 Å². The molecule has 0 saturated carbocycles. The SMILES string of the molecule is CCOC(=O)/C(C)=N/Nc1nn[nH]n1. The fourth-order valence-corrected chi connectivity index (χ4v) is 0.624. The molecule has 0 saturated heterocycles. The summed E-state index contributed by atoms with van der Waals surface area (Å²) in [5.41, 5.74) is 2.63. The topological polar surface area (TPSA) is 105 Å². The van der Waals surface area contributed by atoms with Crippen LogP contribution in [0.3, 0.4) is 0 Å². The highest BCUT2D eigenvalue weighted by Gasteiger charge is 2.06. The maximum atomic E-state index is 11.0. The van der Waals surface area contributed by atoms with E-state index in [-0.39, 0.29) is 11.7 Å².